The summed E-state index contributed by atoms with van der Waals surface area (Å²) in [6.07, 6.45) is 4.40. The quantitative estimate of drug-likeness (QED) is 0.800. The number of nitrogens with one attached hydrogen (secondary N) is 3. The van der Waals surface area contributed by atoms with Crippen molar-refractivity contribution < 1.29 is 9.59 Å². The van der Waals surface area contributed by atoms with Crippen molar-refractivity contribution in [3.8, 4) is 0 Å². The molecule has 1 aliphatic carbocycles. The van der Waals surface area contributed by atoms with Gasteiger partial charge < -0.3 is 16.0 Å². The Labute approximate surface area is 137 Å². The van der Waals surface area contributed by atoms with Crippen molar-refractivity contribution in [3.63, 3.8) is 0 Å². The van der Waals surface area contributed by atoms with E-state index in [4.69, 9.17) is 0 Å². The minimum Gasteiger partial charge on any atom is -0.355 e. The highest BCUT2D eigenvalue weighted by Gasteiger charge is 2.49. The molecule has 0 radical (unpaired) electrons. The van der Waals surface area contributed by atoms with Crippen LogP contribution in [-0.4, -0.2) is 32.0 Å². The number of rotatable bonds is 3. The Morgan fingerprint density at radius 2 is 2.13 bits per heavy atom. The molecule has 1 saturated heterocycles. The third kappa shape index (κ3) is 2.74. The van der Waals surface area contributed by atoms with Gasteiger partial charge in [0, 0.05) is 24.8 Å². The Hall–Kier alpha value is -1.88. The molecule has 0 spiro atoms. The van der Waals surface area contributed by atoms with Crippen LogP contribution in [0, 0.1) is 18.3 Å². The summed E-state index contributed by atoms with van der Waals surface area (Å²) in [5, 5.41) is 9.14. The normalized spacial score (nSPS) is 26.4. The predicted octanol–water partition coefficient (Wildman–Crippen LogP) is 2.07. The highest BCUT2D eigenvalue weighted by Crippen LogP contribution is 2.44. The molecule has 0 unspecified atom stereocenters. The Morgan fingerprint density at radius 3 is 2.91 bits per heavy atom. The minimum atomic E-state index is -0.284. The average molecular weight is 315 g/mol. The van der Waals surface area contributed by atoms with Crippen molar-refractivity contribution in [2.75, 3.05) is 25.5 Å². The van der Waals surface area contributed by atoms with E-state index in [1.54, 1.807) is 13.1 Å². The monoisotopic (exact) mass is 315 g/mol. The molecule has 0 bridgehead atoms. The molecule has 0 aromatic heterocycles. The van der Waals surface area contributed by atoms with Gasteiger partial charge in [0.1, 0.15) is 0 Å². The lowest BCUT2D eigenvalue weighted by Gasteiger charge is -2.37. The number of amides is 2. The van der Waals surface area contributed by atoms with Crippen LogP contribution in [0.4, 0.5) is 5.69 Å². The van der Waals surface area contributed by atoms with Crippen LogP contribution in [-0.2, 0) is 4.79 Å². The number of hydrogen-bond acceptors (Lipinski definition) is 3. The lowest BCUT2D eigenvalue weighted by atomic mass is 9.67. The van der Waals surface area contributed by atoms with Gasteiger partial charge in [-0.3, -0.25) is 9.59 Å². The smallest absolute Gasteiger partial charge is 0.251 e. The van der Waals surface area contributed by atoms with Gasteiger partial charge in [0.15, 0.2) is 0 Å². The van der Waals surface area contributed by atoms with E-state index >= 15 is 0 Å². The molecule has 1 heterocycles. The van der Waals surface area contributed by atoms with Crippen molar-refractivity contribution >= 4 is 17.5 Å². The Kier molecular flexibility index (Phi) is 4.39. The summed E-state index contributed by atoms with van der Waals surface area (Å²) in [5.74, 6) is 0.401. The molecule has 3 N–H and O–H groups in total. The fourth-order valence-electron chi connectivity index (χ4n) is 4.09. The Morgan fingerprint density at radius 1 is 1.30 bits per heavy atom. The van der Waals surface area contributed by atoms with Gasteiger partial charge in [-0.25, -0.2) is 0 Å². The van der Waals surface area contributed by atoms with Crippen molar-refractivity contribution in [1.29, 1.82) is 0 Å². The number of fused-ring (bicyclic) bond motifs is 1. The first-order valence-electron chi connectivity index (χ1n) is 8.42. The van der Waals surface area contributed by atoms with Crippen molar-refractivity contribution in [2.24, 2.45) is 11.3 Å². The van der Waals surface area contributed by atoms with Crippen molar-refractivity contribution in [1.82, 2.24) is 10.6 Å². The summed E-state index contributed by atoms with van der Waals surface area (Å²) in [4.78, 5) is 24.9. The van der Waals surface area contributed by atoms with E-state index < -0.39 is 0 Å². The van der Waals surface area contributed by atoms with Crippen LogP contribution in [0.1, 0.15) is 41.6 Å². The molecule has 2 fully saturated rings. The topological polar surface area (TPSA) is 70.2 Å². The van der Waals surface area contributed by atoms with E-state index in [0.29, 0.717) is 11.5 Å². The summed E-state index contributed by atoms with van der Waals surface area (Å²) >= 11 is 0. The molecule has 2 aliphatic rings. The lowest BCUT2D eigenvalue weighted by molar-refractivity contribution is -0.128. The number of benzene rings is 1. The molecule has 5 heteroatoms. The second-order valence-electron chi connectivity index (χ2n) is 6.74. The van der Waals surface area contributed by atoms with E-state index in [2.05, 4.69) is 16.0 Å². The third-order valence-corrected chi connectivity index (χ3v) is 5.54. The Bertz CT molecular complexity index is 629. The van der Waals surface area contributed by atoms with Gasteiger partial charge in [0.05, 0.1) is 5.41 Å². The van der Waals surface area contributed by atoms with Gasteiger partial charge in [0.2, 0.25) is 5.91 Å². The van der Waals surface area contributed by atoms with Crippen LogP contribution in [0.5, 0.6) is 0 Å². The maximum absolute atomic E-state index is 13.0. The summed E-state index contributed by atoms with van der Waals surface area (Å²) in [5.41, 5.74) is 1.87. The first-order valence-corrected chi connectivity index (χ1v) is 8.42. The number of carbonyl (C=O) groups is 2. The molecular weight excluding hydrogens is 290 g/mol. The number of anilines is 1. The molecule has 1 aromatic rings. The second kappa shape index (κ2) is 6.32. The molecule has 3 rings (SSSR count). The van der Waals surface area contributed by atoms with E-state index in [1.165, 1.54) is 6.42 Å². The zero-order valence-corrected chi connectivity index (χ0v) is 13.9. The molecule has 23 heavy (non-hydrogen) atoms. The summed E-state index contributed by atoms with van der Waals surface area (Å²) < 4.78 is 0. The summed E-state index contributed by atoms with van der Waals surface area (Å²) in [6, 6.07) is 5.47. The van der Waals surface area contributed by atoms with Gasteiger partial charge >= 0.3 is 0 Å². The first-order chi connectivity index (χ1) is 11.1. The van der Waals surface area contributed by atoms with Crippen molar-refractivity contribution in [2.45, 2.75) is 32.6 Å². The standard InChI is InChI=1S/C18H25N3O2/c1-12-14(16(22)19-2)7-5-8-15(12)21-17(23)18-9-4-3-6-13(18)10-20-11-18/h5,7-8,13,20H,3-4,6,9-11H2,1-2H3,(H,19,22)(H,21,23)/t13-,18+/m0/s1. The minimum absolute atomic E-state index is 0.101. The van der Waals surface area contributed by atoms with Gasteiger partial charge in [0.25, 0.3) is 5.91 Å². The number of hydrogen-bond donors (Lipinski definition) is 3. The largest absolute Gasteiger partial charge is 0.355 e. The maximum atomic E-state index is 13.0. The molecular formula is C18H25N3O2. The molecule has 1 saturated carbocycles. The first kappa shape index (κ1) is 16.0. The van der Waals surface area contributed by atoms with Crippen molar-refractivity contribution in [3.05, 3.63) is 29.3 Å². The van der Waals surface area contributed by atoms with Gasteiger partial charge in [-0.05, 0) is 49.9 Å². The fourth-order valence-corrected chi connectivity index (χ4v) is 4.09. The SMILES string of the molecule is CNC(=O)c1cccc(NC(=O)[C@@]23CCCC[C@H]2CNC3)c1C. The highest BCUT2D eigenvalue weighted by atomic mass is 16.2. The van der Waals surface area contributed by atoms with E-state index in [-0.39, 0.29) is 17.2 Å². The van der Waals surface area contributed by atoms with Crippen LogP contribution in [0.2, 0.25) is 0 Å². The molecule has 2 atom stereocenters. The van der Waals surface area contributed by atoms with Crippen LogP contribution in [0.15, 0.2) is 18.2 Å². The number of carbonyl (C=O) groups excluding carboxylic acids is 2. The molecule has 2 amide bonds. The van der Waals surface area contributed by atoms with E-state index in [1.807, 2.05) is 19.1 Å². The van der Waals surface area contributed by atoms with Crippen LogP contribution in [0.3, 0.4) is 0 Å². The van der Waals surface area contributed by atoms with Gasteiger partial charge in [-0.15, -0.1) is 0 Å². The zero-order chi connectivity index (χ0) is 16.4. The van der Waals surface area contributed by atoms with Crippen LogP contribution >= 0.6 is 0 Å². The average Bonchev–Trinajstić information content (AvgIpc) is 3.01. The lowest BCUT2D eigenvalue weighted by Crippen LogP contribution is -2.44. The van der Waals surface area contributed by atoms with Crippen LogP contribution < -0.4 is 16.0 Å². The highest BCUT2D eigenvalue weighted by molar-refractivity contribution is 6.00. The molecule has 5 nitrogen and oxygen atoms in total. The van der Waals surface area contributed by atoms with E-state index in [9.17, 15) is 9.59 Å². The van der Waals surface area contributed by atoms with Gasteiger partial charge in [-0.1, -0.05) is 18.9 Å². The zero-order valence-electron chi connectivity index (χ0n) is 13.9. The summed E-state index contributed by atoms with van der Waals surface area (Å²) in [7, 11) is 1.61. The third-order valence-electron chi connectivity index (χ3n) is 5.54. The molecule has 1 aliphatic heterocycles. The maximum Gasteiger partial charge on any atom is 0.251 e. The van der Waals surface area contributed by atoms with Crippen LogP contribution in [0.25, 0.3) is 0 Å². The Balaban J connectivity index is 1.84. The van der Waals surface area contributed by atoms with Gasteiger partial charge in [-0.2, -0.15) is 0 Å². The second-order valence-corrected chi connectivity index (χ2v) is 6.74. The van der Waals surface area contributed by atoms with E-state index in [0.717, 1.165) is 43.6 Å². The molecule has 124 valence electrons. The predicted molar refractivity (Wildman–Crippen MR) is 90.5 cm³/mol. The molecule has 1 aromatic carbocycles. The fraction of sp³-hybridized carbons (Fsp3) is 0.556. The summed E-state index contributed by atoms with van der Waals surface area (Å²) in [6.45, 7) is 3.57.